The summed E-state index contributed by atoms with van der Waals surface area (Å²) in [6.07, 6.45) is 35.7. The highest BCUT2D eigenvalue weighted by atomic mass is 35.5. The molecule has 0 saturated heterocycles. The molecule has 0 aliphatic rings. The Hall–Kier alpha value is 0.500. The van der Waals surface area contributed by atoms with Gasteiger partial charge in [-0.25, -0.2) is 0 Å². The first kappa shape index (κ1) is 42.5. The van der Waals surface area contributed by atoms with Gasteiger partial charge < -0.3 is 0 Å². The van der Waals surface area contributed by atoms with E-state index >= 15 is 0 Å². The molecule has 0 rings (SSSR count). The summed E-state index contributed by atoms with van der Waals surface area (Å²) in [5, 5.41) is -0.864. The Morgan fingerprint density at radius 1 is 0.476 bits per heavy atom. The minimum Gasteiger partial charge on any atom is -0.281 e. The first-order chi connectivity index (χ1) is 20.2. The van der Waals surface area contributed by atoms with Crippen LogP contribution in [0.1, 0.15) is 200 Å². The third kappa shape index (κ3) is 26.9. The number of rotatable bonds is 33. The van der Waals surface area contributed by atoms with Crippen molar-refractivity contribution in [1.82, 2.24) is 0 Å². The minimum atomic E-state index is -1.44. The molecule has 0 aliphatic carbocycles. The molecule has 0 fully saturated rings. The van der Waals surface area contributed by atoms with E-state index in [-0.39, 0.29) is 5.24 Å². The van der Waals surface area contributed by atoms with Crippen molar-refractivity contribution in [2.24, 2.45) is 11.8 Å². The van der Waals surface area contributed by atoms with Crippen molar-refractivity contribution < 1.29 is 9.59 Å². The molecule has 2 atom stereocenters. The van der Waals surface area contributed by atoms with Crippen molar-refractivity contribution in [3.05, 3.63) is 0 Å². The van der Waals surface area contributed by atoms with E-state index in [1.54, 1.807) is 0 Å². The molecule has 0 aliphatic heterocycles. The minimum absolute atomic E-state index is 0.199. The smallest absolute Gasteiger partial charge is 0.257 e. The lowest BCUT2D eigenvalue weighted by molar-refractivity contribution is -0.112. The van der Waals surface area contributed by atoms with Gasteiger partial charge in [-0.3, -0.25) is 9.59 Å². The largest absolute Gasteiger partial charge is 0.281 e. The first-order valence-electron chi connectivity index (χ1n) is 18.0. The van der Waals surface area contributed by atoms with Crippen LogP contribution in [-0.2, 0) is 9.59 Å². The first-order valence-corrected chi connectivity index (χ1v) is 19.5. The average Bonchev–Trinajstić information content (AvgIpc) is 2.95. The van der Waals surface area contributed by atoms with E-state index < -0.39 is 9.58 Å². The zero-order valence-corrected chi connectivity index (χ0v) is 30.5. The third-order valence-electron chi connectivity index (χ3n) is 9.08. The van der Waals surface area contributed by atoms with Crippen LogP contribution in [0, 0.1) is 11.8 Å². The molecule has 0 N–H and O–H groups in total. The van der Waals surface area contributed by atoms with E-state index in [4.69, 9.17) is 46.4 Å². The Morgan fingerprint density at radius 3 is 1.12 bits per heavy atom. The number of hydrogen-bond donors (Lipinski definition) is 0. The van der Waals surface area contributed by atoms with Gasteiger partial charge in [0.25, 0.3) is 5.24 Å². The predicted molar refractivity (Wildman–Crippen MR) is 188 cm³/mol. The van der Waals surface area contributed by atoms with Crippen LogP contribution in [0.4, 0.5) is 0 Å². The van der Waals surface area contributed by atoms with Gasteiger partial charge in [0.15, 0.2) is 4.33 Å². The fraction of sp³-hybridized carbons (Fsp3) is 0.944. The van der Waals surface area contributed by atoms with Crippen molar-refractivity contribution >= 4 is 56.9 Å². The maximum atomic E-state index is 11.4. The van der Waals surface area contributed by atoms with E-state index in [0.717, 1.165) is 43.9 Å². The van der Waals surface area contributed by atoms with Gasteiger partial charge in [-0.1, -0.05) is 198 Å². The van der Waals surface area contributed by atoms with Crippen molar-refractivity contribution in [1.29, 1.82) is 0 Å². The van der Waals surface area contributed by atoms with E-state index in [9.17, 15) is 9.59 Å². The molecule has 0 aromatic carbocycles. The Bertz CT molecular complexity index is 626. The Kier molecular flexibility index (Phi) is 30.5. The summed E-state index contributed by atoms with van der Waals surface area (Å²) in [7, 11) is 0. The third-order valence-corrected chi connectivity index (χ3v) is 10.5. The van der Waals surface area contributed by atoms with Crippen LogP contribution >= 0.6 is 46.4 Å². The van der Waals surface area contributed by atoms with Crippen LogP contribution in [0.2, 0.25) is 0 Å². The second kappa shape index (κ2) is 30.2. The standard InChI is InChI=1S/C36H66Cl4O2/c1-3-5-7-9-11-14-20-26-32(28-22-16-13-17-24-30-34(37)41)33(27-21-15-12-10-8-6-4-2)29-23-18-19-25-31-36(39,40)35(38)42/h32-33H,3-31H2,1-2H3. The maximum absolute atomic E-state index is 11.4. The summed E-state index contributed by atoms with van der Waals surface area (Å²) >= 11 is 23.1. The normalized spacial score (nSPS) is 13.4. The zero-order valence-electron chi connectivity index (χ0n) is 27.5. The second-order valence-corrected chi connectivity index (χ2v) is 15.2. The van der Waals surface area contributed by atoms with Gasteiger partial charge in [-0.15, -0.1) is 0 Å². The molecule has 42 heavy (non-hydrogen) atoms. The van der Waals surface area contributed by atoms with E-state index in [2.05, 4.69) is 13.8 Å². The molecule has 0 heterocycles. The van der Waals surface area contributed by atoms with E-state index in [1.807, 2.05) is 0 Å². The van der Waals surface area contributed by atoms with Crippen LogP contribution in [0.25, 0.3) is 0 Å². The van der Waals surface area contributed by atoms with Gasteiger partial charge in [-0.05, 0) is 54.3 Å². The highest BCUT2D eigenvalue weighted by Crippen LogP contribution is 2.34. The molecular formula is C36H66Cl4O2. The molecule has 0 bridgehead atoms. The van der Waals surface area contributed by atoms with Gasteiger partial charge in [0.2, 0.25) is 5.24 Å². The quantitative estimate of drug-likeness (QED) is 0.0395. The van der Waals surface area contributed by atoms with E-state index in [0.29, 0.717) is 12.8 Å². The number of unbranched alkanes of at least 4 members (excludes halogenated alkanes) is 19. The number of hydrogen-bond acceptors (Lipinski definition) is 2. The van der Waals surface area contributed by atoms with Gasteiger partial charge in [0.1, 0.15) is 0 Å². The summed E-state index contributed by atoms with van der Waals surface area (Å²) in [6, 6.07) is 0. The van der Waals surface area contributed by atoms with Gasteiger partial charge in [0.05, 0.1) is 0 Å². The van der Waals surface area contributed by atoms with Crippen molar-refractivity contribution in [2.45, 2.75) is 204 Å². The number of carbonyl (C=O) groups excluding carboxylic acids is 2. The SMILES string of the molecule is CCCCCCCCCC(CCCCCCCC(=O)Cl)C(CCCCCCCCC)CCCCCCC(Cl)(Cl)C(=O)Cl. The number of carbonyl (C=O) groups is 2. The summed E-state index contributed by atoms with van der Waals surface area (Å²) in [4.78, 5) is 22.4. The van der Waals surface area contributed by atoms with Crippen LogP contribution in [0.15, 0.2) is 0 Å². The Labute approximate surface area is 281 Å². The van der Waals surface area contributed by atoms with Gasteiger partial charge in [-0.2, -0.15) is 0 Å². The molecule has 6 heteroatoms. The van der Waals surface area contributed by atoms with Crippen molar-refractivity contribution in [3.63, 3.8) is 0 Å². The van der Waals surface area contributed by atoms with E-state index in [1.165, 1.54) is 141 Å². The lowest BCUT2D eigenvalue weighted by atomic mass is 9.78. The fourth-order valence-electron chi connectivity index (χ4n) is 6.36. The van der Waals surface area contributed by atoms with Gasteiger partial charge in [0, 0.05) is 6.42 Å². The number of alkyl halides is 2. The monoisotopic (exact) mass is 670 g/mol. The zero-order chi connectivity index (χ0) is 31.3. The van der Waals surface area contributed by atoms with Crippen LogP contribution in [0.3, 0.4) is 0 Å². The summed E-state index contributed by atoms with van der Waals surface area (Å²) in [6.45, 7) is 4.58. The Morgan fingerprint density at radius 2 is 0.786 bits per heavy atom. The molecule has 0 aromatic heterocycles. The molecule has 0 radical (unpaired) electrons. The molecule has 0 saturated carbocycles. The molecule has 2 nitrogen and oxygen atoms in total. The summed E-state index contributed by atoms with van der Waals surface area (Å²) in [5.41, 5.74) is 0. The highest BCUT2D eigenvalue weighted by Gasteiger charge is 2.31. The molecule has 0 aromatic rings. The second-order valence-electron chi connectivity index (χ2n) is 12.9. The summed E-state index contributed by atoms with van der Waals surface area (Å²) < 4.78 is -1.44. The highest BCUT2D eigenvalue weighted by molar-refractivity contribution is 6.78. The van der Waals surface area contributed by atoms with Crippen LogP contribution < -0.4 is 0 Å². The van der Waals surface area contributed by atoms with Crippen LogP contribution in [0.5, 0.6) is 0 Å². The average molecular weight is 673 g/mol. The fourth-order valence-corrected chi connectivity index (χ4v) is 6.86. The molecule has 0 spiro atoms. The van der Waals surface area contributed by atoms with Crippen molar-refractivity contribution in [2.75, 3.05) is 0 Å². The maximum Gasteiger partial charge on any atom is 0.257 e. The predicted octanol–water partition coefficient (Wildman–Crippen LogP) is 14.3. The number of halogens is 4. The topological polar surface area (TPSA) is 34.1 Å². The molecular weight excluding hydrogens is 606 g/mol. The Balaban J connectivity index is 4.91. The molecule has 0 amide bonds. The van der Waals surface area contributed by atoms with Crippen LogP contribution in [-0.4, -0.2) is 14.8 Å². The van der Waals surface area contributed by atoms with Gasteiger partial charge >= 0.3 is 0 Å². The molecule has 2 unspecified atom stereocenters. The lowest BCUT2D eigenvalue weighted by Crippen LogP contribution is -2.20. The summed E-state index contributed by atoms with van der Waals surface area (Å²) in [5.74, 6) is 1.65. The van der Waals surface area contributed by atoms with Crippen molar-refractivity contribution in [3.8, 4) is 0 Å². The lowest BCUT2D eigenvalue weighted by Gasteiger charge is -2.28. The molecule has 250 valence electrons.